The summed E-state index contributed by atoms with van der Waals surface area (Å²) >= 11 is 0. The molecule has 0 fully saturated rings. The molecule has 0 amide bonds. The average molecular weight is 206 g/mol. The molecule has 2 heteroatoms. The van der Waals surface area contributed by atoms with Crippen LogP contribution in [0.4, 0.5) is 0 Å². The normalized spacial score (nSPS) is 10.5. The van der Waals surface area contributed by atoms with Crippen LogP contribution in [-0.4, -0.2) is 12.6 Å². The van der Waals surface area contributed by atoms with Crippen LogP contribution in [0.1, 0.15) is 20.8 Å². The molecule has 82 valence electrons. The Balaban J connectivity index is 4.30. The van der Waals surface area contributed by atoms with Gasteiger partial charge in [-0.1, -0.05) is 37.0 Å². The van der Waals surface area contributed by atoms with Crippen LogP contribution in [0, 0.1) is 0 Å². The second-order valence-electron chi connectivity index (χ2n) is 3.55. The standard InChI is InChI=1S/C13H18O2/c1-6-12(8-7-10(2)3)9-15-13(14)11(4)5/h6-8H,1,4,9H2,2-3,5H3/b12-8+. The Bertz CT molecular complexity index is 315. The fourth-order valence-corrected chi connectivity index (χ4v) is 0.721. The van der Waals surface area contributed by atoms with Gasteiger partial charge in [0.1, 0.15) is 6.61 Å². The van der Waals surface area contributed by atoms with Crippen molar-refractivity contribution in [2.45, 2.75) is 20.8 Å². The number of ether oxygens (including phenoxy) is 1. The highest BCUT2D eigenvalue weighted by atomic mass is 16.5. The summed E-state index contributed by atoms with van der Waals surface area (Å²) in [6.45, 7) is 13.0. The van der Waals surface area contributed by atoms with Gasteiger partial charge >= 0.3 is 5.97 Å². The fraction of sp³-hybridized carbons (Fsp3) is 0.308. The fourth-order valence-electron chi connectivity index (χ4n) is 0.721. The van der Waals surface area contributed by atoms with Gasteiger partial charge in [0, 0.05) is 5.57 Å². The van der Waals surface area contributed by atoms with E-state index in [0.29, 0.717) is 5.57 Å². The van der Waals surface area contributed by atoms with Crippen LogP contribution in [0.15, 0.2) is 48.1 Å². The van der Waals surface area contributed by atoms with Gasteiger partial charge in [-0.05, 0) is 26.3 Å². The van der Waals surface area contributed by atoms with E-state index in [-0.39, 0.29) is 12.6 Å². The molecule has 0 radical (unpaired) electrons. The zero-order chi connectivity index (χ0) is 11.8. The Morgan fingerprint density at radius 3 is 2.27 bits per heavy atom. The third kappa shape index (κ3) is 6.49. The van der Waals surface area contributed by atoms with Crippen molar-refractivity contribution >= 4 is 5.97 Å². The predicted octanol–water partition coefficient (Wildman–Crippen LogP) is 3.18. The molecular formula is C13H18O2. The molecule has 0 aliphatic carbocycles. The molecule has 0 aromatic rings. The highest BCUT2D eigenvalue weighted by Crippen LogP contribution is 2.02. The van der Waals surface area contributed by atoms with E-state index in [1.54, 1.807) is 13.0 Å². The second-order valence-corrected chi connectivity index (χ2v) is 3.55. The smallest absolute Gasteiger partial charge is 0.333 e. The molecule has 0 bridgehead atoms. The Hall–Kier alpha value is -1.57. The number of rotatable bonds is 5. The third-order valence-electron chi connectivity index (χ3n) is 1.61. The quantitative estimate of drug-likeness (QED) is 0.392. The molecule has 0 unspecified atom stereocenters. The van der Waals surface area contributed by atoms with E-state index in [9.17, 15) is 4.79 Å². The Labute approximate surface area is 91.6 Å². The van der Waals surface area contributed by atoms with Crippen molar-refractivity contribution < 1.29 is 9.53 Å². The lowest BCUT2D eigenvalue weighted by Gasteiger charge is -2.04. The second kappa shape index (κ2) is 6.82. The Morgan fingerprint density at radius 2 is 1.87 bits per heavy atom. The minimum Gasteiger partial charge on any atom is -0.457 e. The first-order valence-corrected chi connectivity index (χ1v) is 4.76. The summed E-state index contributed by atoms with van der Waals surface area (Å²) in [6.07, 6.45) is 5.50. The zero-order valence-corrected chi connectivity index (χ0v) is 9.67. The van der Waals surface area contributed by atoms with E-state index < -0.39 is 0 Å². The third-order valence-corrected chi connectivity index (χ3v) is 1.61. The van der Waals surface area contributed by atoms with Crippen molar-refractivity contribution in [1.82, 2.24) is 0 Å². The summed E-state index contributed by atoms with van der Waals surface area (Å²) in [6, 6.07) is 0. The van der Waals surface area contributed by atoms with E-state index in [1.807, 2.05) is 26.0 Å². The van der Waals surface area contributed by atoms with Gasteiger partial charge < -0.3 is 4.74 Å². The number of esters is 1. The van der Waals surface area contributed by atoms with Crippen molar-refractivity contribution in [3.63, 3.8) is 0 Å². The molecule has 2 nitrogen and oxygen atoms in total. The molecule has 0 aromatic carbocycles. The summed E-state index contributed by atoms with van der Waals surface area (Å²) in [7, 11) is 0. The largest absolute Gasteiger partial charge is 0.457 e. The molecule has 0 aliphatic heterocycles. The van der Waals surface area contributed by atoms with Gasteiger partial charge in [-0.2, -0.15) is 0 Å². The molecule has 0 saturated carbocycles. The van der Waals surface area contributed by atoms with Crippen LogP contribution < -0.4 is 0 Å². The number of allylic oxidation sites excluding steroid dienone is 3. The van der Waals surface area contributed by atoms with Gasteiger partial charge in [-0.15, -0.1) is 0 Å². The monoisotopic (exact) mass is 206 g/mol. The van der Waals surface area contributed by atoms with Crippen LogP contribution in [0.25, 0.3) is 0 Å². The number of hydrogen-bond acceptors (Lipinski definition) is 2. The van der Waals surface area contributed by atoms with Gasteiger partial charge in [0.05, 0.1) is 0 Å². The maximum atomic E-state index is 11.1. The van der Waals surface area contributed by atoms with Gasteiger partial charge in [-0.25, -0.2) is 4.79 Å². The zero-order valence-electron chi connectivity index (χ0n) is 9.67. The van der Waals surface area contributed by atoms with Crippen molar-refractivity contribution in [2.24, 2.45) is 0 Å². The van der Waals surface area contributed by atoms with E-state index in [4.69, 9.17) is 4.74 Å². The van der Waals surface area contributed by atoms with E-state index in [0.717, 1.165) is 5.57 Å². The molecule has 0 rings (SSSR count). The lowest BCUT2D eigenvalue weighted by atomic mass is 10.2. The average Bonchev–Trinajstić information content (AvgIpc) is 2.17. The molecule has 0 N–H and O–H groups in total. The number of carbonyl (C=O) groups is 1. The van der Waals surface area contributed by atoms with Crippen molar-refractivity contribution in [1.29, 1.82) is 0 Å². The van der Waals surface area contributed by atoms with Crippen molar-refractivity contribution in [3.05, 3.63) is 48.1 Å². The van der Waals surface area contributed by atoms with Gasteiger partial charge in [0.2, 0.25) is 0 Å². The molecule has 15 heavy (non-hydrogen) atoms. The summed E-state index contributed by atoms with van der Waals surface area (Å²) in [5.41, 5.74) is 2.45. The highest BCUT2D eigenvalue weighted by Gasteiger charge is 2.02. The molecular weight excluding hydrogens is 188 g/mol. The molecule has 0 aliphatic rings. The summed E-state index contributed by atoms with van der Waals surface area (Å²) < 4.78 is 4.98. The lowest BCUT2D eigenvalue weighted by molar-refractivity contribution is -0.137. The first-order valence-electron chi connectivity index (χ1n) is 4.76. The van der Waals surface area contributed by atoms with Gasteiger partial charge in [0.15, 0.2) is 0 Å². The SMILES string of the molecule is C=C/C(=C\C=C(C)C)COC(=O)C(=C)C. The Morgan fingerprint density at radius 1 is 1.27 bits per heavy atom. The molecule has 0 spiro atoms. The number of carbonyl (C=O) groups excluding carboxylic acids is 1. The number of hydrogen-bond donors (Lipinski definition) is 0. The van der Waals surface area contributed by atoms with E-state index in [1.165, 1.54) is 5.57 Å². The first-order chi connectivity index (χ1) is 6.97. The van der Waals surface area contributed by atoms with E-state index >= 15 is 0 Å². The molecule has 0 aromatic heterocycles. The van der Waals surface area contributed by atoms with Crippen LogP contribution in [0.2, 0.25) is 0 Å². The molecule has 0 saturated heterocycles. The lowest BCUT2D eigenvalue weighted by Crippen LogP contribution is -2.07. The minimum absolute atomic E-state index is 0.235. The predicted molar refractivity (Wildman–Crippen MR) is 63.5 cm³/mol. The van der Waals surface area contributed by atoms with Crippen LogP contribution in [0.3, 0.4) is 0 Å². The minimum atomic E-state index is -0.375. The van der Waals surface area contributed by atoms with Gasteiger partial charge in [0.25, 0.3) is 0 Å². The van der Waals surface area contributed by atoms with Crippen LogP contribution in [0.5, 0.6) is 0 Å². The van der Waals surface area contributed by atoms with Crippen LogP contribution in [-0.2, 0) is 9.53 Å². The first kappa shape index (κ1) is 13.4. The van der Waals surface area contributed by atoms with Crippen molar-refractivity contribution in [2.75, 3.05) is 6.61 Å². The van der Waals surface area contributed by atoms with Gasteiger partial charge in [-0.3, -0.25) is 0 Å². The topological polar surface area (TPSA) is 26.3 Å². The molecule has 0 atom stereocenters. The summed E-state index contributed by atoms with van der Waals surface area (Å²) in [5, 5.41) is 0. The maximum Gasteiger partial charge on any atom is 0.333 e. The van der Waals surface area contributed by atoms with Crippen molar-refractivity contribution in [3.8, 4) is 0 Å². The van der Waals surface area contributed by atoms with E-state index in [2.05, 4.69) is 13.2 Å². The molecule has 0 heterocycles. The highest BCUT2D eigenvalue weighted by molar-refractivity contribution is 5.87. The van der Waals surface area contributed by atoms with Crippen LogP contribution >= 0.6 is 0 Å². The maximum absolute atomic E-state index is 11.1. The summed E-state index contributed by atoms with van der Waals surface area (Å²) in [5.74, 6) is -0.375. The Kier molecular flexibility index (Phi) is 6.11. The summed E-state index contributed by atoms with van der Waals surface area (Å²) in [4.78, 5) is 11.1.